The SMILES string of the molecule is CCN1c2ccccc2[Si](c2ccccc2)(c2ccccc2)c2cc(-c3ccccc3)ccc21. The Morgan fingerprint density at radius 2 is 1.03 bits per heavy atom. The summed E-state index contributed by atoms with van der Waals surface area (Å²) in [5, 5.41) is 5.78. The molecule has 0 spiro atoms. The number of fused-ring (bicyclic) bond motifs is 2. The lowest BCUT2D eigenvalue weighted by Gasteiger charge is -2.45. The van der Waals surface area contributed by atoms with Crippen molar-refractivity contribution in [2.24, 2.45) is 0 Å². The predicted molar refractivity (Wildman–Crippen MR) is 148 cm³/mol. The van der Waals surface area contributed by atoms with Gasteiger partial charge in [-0.15, -0.1) is 0 Å². The van der Waals surface area contributed by atoms with Crippen molar-refractivity contribution in [1.82, 2.24) is 0 Å². The van der Waals surface area contributed by atoms with Gasteiger partial charge in [0.1, 0.15) is 0 Å². The second kappa shape index (κ2) is 8.47. The van der Waals surface area contributed by atoms with Gasteiger partial charge in [0.2, 0.25) is 0 Å². The standard InChI is InChI=1S/C32H27NSi/c1-2-33-29-20-12-13-21-31(29)34(27-16-8-4-9-17-27,28-18-10-5-11-19-28)32-24-26(22-23-30(32)33)25-14-6-3-7-15-25/h3-24H,2H2,1H3. The molecule has 2 heteroatoms. The fraction of sp³-hybridized carbons (Fsp3) is 0.0625. The van der Waals surface area contributed by atoms with Crippen LogP contribution in [0, 0.1) is 0 Å². The first-order valence-electron chi connectivity index (χ1n) is 12.0. The zero-order valence-corrected chi connectivity index (χ0v) is 20.4. The first-order valence-corrected chi connectivity index (χ1v) is 14.0. The van der Waals surface area contributed by atoms with E-state index in [0.717, 1.165) is 6.54 Å². The van der Waals surface area contributed by atoms with Gasteiger partial charge in [0.05, 0.1) is 0 Å². The van der Waals surface area contributed by atoms with E-state index in [4.69, 9.17) is 0 Å². The summed E-state index contributed by atoms with van der Waals surface area (Å²) in [4.78, 5) is 2.50. The molecule has 0 radical (unpaired) electrons. The summed E-state index contributed by atoms with van der Waals surface area (Å²) in [5.41, 5.74) is 5.21. The van der Waals surface area contributed by atoms with Gasteiger partial charge in [-0.3, -0.25) is 0 Å². The predicted octanol–water partition coefficient (Wildman–Crippen LogP) is 5.20. The van der Waals surface area contributed by atoms with Crippen molar-refractivity contribution >= 4 is 40.2 Å². The fourth-order valence-electron chi connectivity index (χ4n) is 5.69. The molecule has 0 amide bonds. The summed E-state index contributed by atoms with van der Waals surface area (Å²) in [6, 6.07) is 49.4. The maximum atomic E-state index is 2.50. The van der Waals surface area contributed by atoms with Crippen LogP contribution in [-0.2, 0) is 0 Å². The minimum atomic E-state index is -2.54. The number of para-hydroxylation sites is 1. The number of hydrogen-bond acceptors (Lipinski definition) is 1. The van der Waals surface area contributed by atoms with Crippen molar-refractivity contribution in [3.63, 3.8) is 0 Å². The molecule has 1 aliphatic heterocycles. The molecule has 0 unspecified atom stereocenters. The van der Waals surface area contributed by atoms with Crippen molar-refractivity contribution in [3.05, 3.63) is 133 Å². The number of rotatable bonds is 4. The van der Waals surface area contributed by atoms with Gasteiger partial charge < -0.3 is 4.90 Å². The van der Waals surface area contributed by atoms with E-state index in [1.807, 2.05) is 0 Å². The summed E-state index contributed by atoms with van der Waals surface area (Å²) in [6.45, 7) is 3.19. The highest BCUT2D eigenvalue weighted by molar-refractivity contribution is 7.21. The summed E-state index contributed by atoms with van der Waals surface area (Å²) < 4.78 is 0. The molecule has 0 N–H and O–H groups in total. The number of anilines is 2. The molecule has 0 atom stereocenters. The fourth-order valence-corrected chi connectivity index (χ4v) is 10.9. The number of benzene rings is 5. The smallest absolute Gasteiger partial charge is 0.184 e. The van der Waals surface area contributed by atoms with Gasteiger partial charge in [-0.1, -0.05) is 121 Å². The summed E-state index contributed by atoms with van der Waals surface area (Å²) >= 11 is 0. The van der Waals surface area contributed by atoms with E-state index in [2.05, 4.69) is 145 Å². The molecule has 6 rings (SSSR count). The minimum Gasteiger partial charge on any atom is -0.342 e. The van der Waals surface area contributed by atoms with Crippen molar-refractivity contribution in [2.75, 3.05) is 11.4 Å². The maximum Gasteiger partial charge on any atom is 0.184 e. The Kier molecular flexibility index (Phi) is 5.16. The molecule has 34 heavy (non-hydrogen) atoms. The topological polar surface area (TPSA) is 3.24 Å². The minimum absolute atomic E-state index is 0.933. The van der Waals surface area contributed by atoms with Crippen LogP contribution in [0.5, 0.6) is 0 Å². The van der Waals surface area contributed by atoms with Crippen molar-refractivity contribution < 1.29 is 0 Å². The molecule has 1 heterocycles. The molecule has 0 saturated carbocycles. The average molecular weight is 454 g/mol. The van der Waals surface area contributed by atoms with Crippen LogP contribution in [0.2, 0.25) is 0 Å². The Morgan fingerprint density at radius 3 is 1.65 bits per heavy atom. The van der Waals surface area contributed by atoms with Gasteiger partial charge in [-0.05, 0) is 50.9 Å². The lowest BCUT2D eigenvalue weighted by Crippen LogP contribution is -2.77. The Morgan fingerprint density at radius 1 is 0.500 bits per heavy atom. The van der Waals surface area contributed by atoms with Crippen LogP contribution >= 0.6 is 0 Å². The lowest BCUT2D eigenvalue weighted by atomic mass is 10.0. The molecular formula is C32H27NSi. The van der Waals surface area contributed by atoms with Crippen LogP contribution in [0.1, 0.15) is 6.92 Å². The zero-order valence-electron chi connectivity index (χ0n) is 19.4. The van der Waals surface area contributed by atoms with Crippen LogP contribution in [-0.4, -0.2) is 14.6 Å². The third-order valence-corrected chi connectivity index (χ3v) is 12.0. The summed E-state index contributed by atoms with van der Waals surface area (Å²) in [7, 11) is -2.54. The van der Waals surface area contributed by atoms with Gasteiger partial charge in [0.15, 0.2) is 8.07 Å². The van der Waals surface area contributed by atoms with E-state index in [9.17, 15) is 0 Å². The summed E-state index contributed by atoms with van der Waals surface area (Å²) in [6.07, 6.45) is 0. The maximum absolute atomic E-state index is 2.54. The van der Waals surface area contributed by atoms with E-state index >= 15 is 0 Å². The molecule has 5 aromatic rings. The van der Waals surface area contributed by atoms with Crippen molar-refractivity contribution in [3.8, 4) is 11.1 Å². The van der Waals surface area contributed by atoms with Crippen LogP contribution in [0.25, 0.3) is 11.1 Å². The molecule has 0 saturated heterocycles. The van der Waals surface area contributed by atoms with Crippen molar-refractivity contribution in [2.45, 2.75) is 6.92 Å². The van der Waals surface area contributed by atoms with Gasteiger partial charge in [0, 0.05) is 17.9 Å². The first-order chi connectivity index (χ1) is 16.8. The van der Waals surface area contributed by atoms with Crippen LogP contribution in [0.4, 0.5) is 11.4 Å². The molecule has 0 bridgehead atoms. The van der Waals surface area contributed by atoms with Crippen LogP contribution in [0.3, 0.4) is 0 Å². The second-order valence-corrected chi connectivity index (χ2v) is 12.6. The third-order valence-electron chi connectivity index (χ3n) is 7.13. The largest absolute Gasteiger partial charge is 0.342 e. The summed E-state index contributed by atoms with van der Waals surface area (Å²) in [5.74, 6) is 0. The van der Waals surface area contributed by atoms with Gasteiger partial charge in [-0.2, -0.15) is 0 Å². The van der Waals surface area contributed by atoms with Crippen LogP contribution in [0.15, 0.2) is 133 Å². The molecule has 1 nitrogen and oxygen atoms in total. The molecule has 0 aliphatic carbocycles. The quantitative estimate of drug-likeness (QED) is 0.338. The Labute approximate surface area is 203 Å². The normalized spacial score (nSPS) is 13.7. The average Bonchev–Trinajstić information content (AvgIpc) is 2.93. The number of nitrogens with zero attached hydrogens (tertiary/aromatic N) is 1. The van der Waals surface area contributed by atoms with Gasteiger partial charge in [-0.25, -0.2) is 0 Å². The molecule has 5 aromatic carbocycles. The van der Waals surface area contributed by atoms with E-state index in [1.54, 1.807) is 0 Å². The number of hydrogen-bond donors (Lipinski definition) is 0. The molecule has 0 aromatic heterocycles. The molecular weight excluding hydrogens is 426 g/mol. The monoisotopic (exact) mass is 453 g/mol. The third kappa shape index (κ3) is 3.07. The highest BCUT2D eigenvalue weighted by Crippen LogP contribution is 2.33. The highest BCUT2D eigenvalue weighted by atomic mass is 28.3. The van der Waals surface area contributed by atoms with E-state index < -0.39 is 8.07 Å². The molecule has 164 valence electrons. The van der Waals surface area contributed by atoms with E-state index in [-0.39, 0.29) is 0 Å². The van der Waals surface area contributed by atoms with Crippen LogP contribution < -0.4 is 25.6 Å². The lowest BCUT2D eigenvalue weighted by molar-refractivity contribution is 1.03. The Balaban J connectivity index is 1.77. The second-order valence-electron chi connectivity index (χ2n) is 8.84. The highest BCUT2D eigenvalue weighted by Gasteiger charge is 2.48. The zero-order chi connectivity index (χ0) is 23.0. The van der Waals surface area contributed by atoms with E-state index in [1.165, 1.54) is 43.2 Å². The van der Waals surface area contributed by atoms with E-state index in [0.29, 0.717) is 0 Å². The van der Waals surface area contributed by atoms with Gasteiger partial charge >= 0.3 is 0 Å². The van der Waals surface area contributed by atoms with Gasteiger partial charge in [0.25, 0.3) is 0 Å². The first kappa shape index (κ1) is 20.7. The molecule has 0 fully saturated rings. The molecule has 1 aliphatic rings. The van der Waals surface area contributed by atoms with Crippen molar-refractivity contribution in [1.29, 1.82) is 0 Å². The Bertz CT molecular complexity index is 1390. The Hall–Kier alpha value is -3.88.